The lowest BCUT2D eigenvalue weighted by molar-refractivity contribution is 0.387. The largest absolute Gasteiger partial charge is 0.507 e. The zero-order chi connectivity index (χ0) is 20.4. The summed E-state index contributed by atoms with van der Waals surface area (Å²) in [7, 11) is 0. The second-order valence-corrected chi connectivity index (χ2v) is 8.80. The monoisotopic (exact) mass is 452 g/mol. The van der Waals surface area contributed by atoms with Gasteiger partial charge in [0.25, 0.3) is 0 Å². The fourth-order valence-electron chi connectivity index (χ4n) is 3.96. The number of hydrogen-bond donors (Lipinski definition) is 1. The average molecular weight is 453 g/mol. The molecule has 1 atom stereocenters. The van der Waals surface area contributed by atoms with Gasteiger partial charge in [0, 0.05) is 22.9 Å². The van der Waals surface area contributed by atoms with E-state index in [1.165, 1.54) is 18.4 Å². The number of hydrogen-bond acceptors (Lipinski definition) is 3. The maximum absolute atomic E-state index is 12.8. The van der Waals surface area contributed by atoms with Crippen molar-refractivity contribution in [3.63, 3.8) is 0 Å². The highest BCUT2D eigenvalue weighted by Crippen LogP contribution is 2.42. The number of halogens is 1. The van der Waals surface area contributed by atoms with Gasteiger partial charge < -0.3 is 9.52 Å². The summed E-state index contributed by atoms with van der Waals surface area (Å²) in [6, 6.07) is 18.0. The van der Waals surface area contributed by atoms with Crippen LogP contribution in [-0.4, -0.2) is 5.11 Å². The highest BCUT2D eigenvalue weighted by molar-refractivity contribution is 9.10. The van der Waals surface area contributed by atoms with Gasteiger partial charge in [-0.05, 0) is 60.4 Å². The molecule has 0 radical (unpaired) electrons. The Balaban J connectivity index is 1.60. The lowest BCUT2D eigenvalue weighted by Gasteiger charge is -2.16. The molecule has 0 spiro atoms. The molecular weight excluding hydrogens is 428 g/mol. The molecule has 0 saturated heterocycles. The van der Waals surface area contributed by atoms with Crippen molar-refractivity contribution in [1.82, 2.24) is 0 Å². The third-order valence-electron chi connectivity index (χ3n) is 5.75. The van der Waals surface area contributed by atoms with E-state index in [4.69, 9.17) is 4.42 Å². The van der Waals surface area contributed by atoms with Crippen molar-refractivity contribution in [3.05, 3.63) is 97.5 Å². The molecule has 1 aliphatic carbocycles. The third kappa shape index (κ3) is 4.64. The first-order chi connectivity index (χ1) is 14.0. The molecule has 1 aliphatic rings. The summed E-state index contributed by atoms with van der Waals surface area (Å²) >= 11 is 3.50. The highest BCUT2D eigenvalue weighted by Gasteiger charge is 2.26. The van der Waals surface area contributed by atoms with Crippen LogP contribution in [0.25, 0.3) is 0 Å². The molecule has 29 heavy (non-hydrogen) atoms. The van der Waals surface area contributed by atoms with Gasteiger partial charge in [0.15, 0.2) is 0 Å². The van der Waals surface area contributed by atoms with Crippen LogP contribution >= 0.6 is 15.9 Å². The van der Waals surface area contributed by atoms with Gasteiger partial charge in [-0.15, -0.1) is 0 Å². The Morgan fingerprint density at radius 2 is 1.93 bits per heavy atom. The number of rotatable bonds is 7. The van der Waals surface area contributed by atoms with Crippen LogP contribution in [-0.2, 0) is 12.8 Å². The van der Waals surface area contributed by atoms with Gasteiger partial charge in [-0.25, -0.2) is 4.79 Å². The van der Waals surface area contributed by atoms with E-state index in [2.05, 4.69) is 41.1 Å². The summed E-state index contributed by atoms with van der Waals surface area (Å²) < 4.78 is 6.73. The molecule has 4 heteroatoms. The van der Waals surface area contributed by atoms with Crippen LogP contribution in [0.3, 0.4) is 0 Å². The zero-order valence-corrected chi connectivity index (χ0v) is 18.1. The van der Waals surface area contributed by atoms with Gasteiger partial charge in [-0.3, -0.25) is 0 Å². The molecule has 3 aromatic rings. The van der Waals surface area contributed by atoms with E-state index in [1.807, 2.05) is 30.3 Å². The van der Waals surface area contributed by atoms with Crippen molar-refractivity contribution in [2.24, 2.45) is 0 Å². The van der Waals surface area contributed by atoms with Gasteiger partial charge in [-0.2, -0.15) is 0 Å². The molecule has 0 bridgehead atoms. The molecular formula is C25H25BrO3. The Hall–Kier alpha value is -2.33. The van der Waals surface area contributed by atoms with E-state index >= 15 is 0 Å². The first-order valence-electron chi connectivity index (χ1n) is 10.2. The lowest BCUT2D eigenvalue weighted by atomic mass is 9.93. The average Bonchev–Trinajstić information content (AvgIpc) is 3.54. The molecule has 0 aliphatic heterocycles. The number of aromatic hydroxyl groups is 1. The van der Waals surface area contributed by atoms with Crippen molar-refractivity contribution < 1.29 is 9.52 Å². The van der Waals surface area contributed by atoms with E-state index in [0.717, 1.165) is 28.4 Å². The molecule has 1 saturated carbocycles. The van der Waals surface area contributed by atoms with Crippen molar-refractivity contribution in [2.45, 2.75) is 50.9 Å². The summed E-state index contributed by atoms with van der Waals surface area (Å²) in [6.45, 7) is 2.07. The Bertz CT molecular complexity index is 1070. The molecule has 1 unspecified atom stereocenters. The maximum Gasteiger partial charge on any atom is 0.343 e. The molecule has 1 fully saturated rings. The molecule has 1 N–H and O–H groups in total. The molecule has 1 heterocycles. The first kappa shape index (κ1) is 20.0. The Morgan fingerprint density at radius 1 is 1.14 bits per heavy atom. The predicted molar refractivity (Wildman–Crippen MR) is 119 cm³/mol. The smallest absolute Gasteiger partial charge is 0.343 e. The fourth-order valence-corrected chi connectivity index (χ4v) is 4.41. The molecule has 150 valence electrons. The van der Waals surface area contributed by atoms with Crippen molar-refractivity contribution in [2.75, 3.05) is 0 Å². The quantitative estimate of drug-likeness (QED) is 0.456. The van der Waals surface area contributed by atoms with E-state index in [1.54, 1.807) is 6.07 Å². The Morgan fingerprint density at radius 3 is 2.62 bits per heavy atom. The first-order valence-corrected chi connectivity index (χ1v) is 11.0. The SMILES string of the molecule is CCC(Cc1cccc(Br)c1)c1cc(O)c(Cc2ccccc2C2CC2)c(=O)o1. The van der Waals surface area contributed by atoms with Gasteiger partial charge in [0.05, 0.1) is 5.56 Å². The topological polar surface area (TPSA) is 50.4 Å². The van der Waals surface area contributed by atoms with E-state index < -0.39 is 5.63 Å². The van der Waals surface area contributed by atoms with Crippen LogP contribution in [0.1, 0.15) is 66.0 Å². The Labute approximate surface area is 179 Å². The van der Waals surface area contributed by atoms with Crippen LogP contribution in [0.15, 0.2) is 68.3 Å². The van der Waals surface area contributed by atoms with Gasteiger partial charge in [-0.1, -0.05) is 59.3 Å². The van der Waals surface area contributed by atoms with Crippen LogP contribution in [0.4, 0.5) is 0 Å². The summed E-state index contributed by atoms with van der Waals surface area (Å²) in [5.74, 6) is 1.22. The maximum atomic E-state index is 12.8. The van der Waals surface area contributed by atoms with Crippen molar-refractivity contribution >= 4 is 15.9 Å². The molecule has 0 amide bonds. The van der Waals surface area contributed by atoms with E-state index in [0.29, 0.717) is 23.7 Å². The van der Waals surface area contributed by atoms with Crippen LogP contribution < -0.4 is 5.63 Å². The normalized spacial score (nSPS) is 14.7. The summed E-state index contributed by atoms with van der Waals surface area (Å²) in [6.07, 6.45) is 4.37. The van der Waals surface area contributed by atoms with Gasteiger partial charge >= 0.3 is 5.63 Å². The molecule has 4 rings (SSSR count). The summed E-state index contributed by atoms with van der Waals surface area (Å²) in [5.41, 5.74) is 3.47. The van der Waals surface area contributed by atoms with E-state index in [-0.39, 0.29) is 11.7 Å². The minimum atomic E-state index is -0.432. The van der Waals surface area contributed by atoms with Crippen LogP contribution in [0, 0.1) is 0 Å². The number of benzene rings is 2. The third-order valence-corrected chi connectivity index (χ3v) is 6.24. The predicted octanol–water partition coefficient (Wildman–Crippen LogP) is 6.31. The van der Waals surface area contributed by atoms with Gasteiger partial charge in [0.2, 0.25) is 0 Å². The zero-order valence-electron chi connectivity index (χ0n) is 16.5. The molecule has 2 aromatic carbocycles. The fraction of sp³-hybridized carbons (Fsp3) is 0.320. The second-order valence-electron chi connectivity index (χ2n) is 7.89. The van der Waals surface area contributed by atoms with Gasteiger partial charge in [0.1, 0.15) is 11.5 Å². The minimum absolute atomic E-state index is 0.0366. The summed E-state index contributed by atoms with van der Waals surface area (Å²) in [4.78, 5) is 12.8. The highest BCUT2D eigenvalue weighted by atomic mass is 79.9. The minimum Gasteiger partial charge on any atom is -0.507 e. The van der Waals surface area contributed by atoms with Crippen LogP contribution in [0.5, 0.6) is 5.75 Å². The van der Waals surface area contributed by atoms with Crippen LogP contribution in [0.2, 0.25) is 0 Å². The molecule has 3 nitrogen and oxygen atoms in total. The van der Waals surface area contributed by atoms with E-state index in [9.17, 15) is 9.90 Å². The standard InChI is InChI=1S/C25H25BrO3/c1-2-17(12-16-6-5-8-20(26)13-16)24-15-23(27)22(25(28)29-24)14-19-7-3-4-9-21(19)18-10-11-18/h3-9,13,15,17-18,27H,2,10-12,14H2,1H3. The molecule has 1 aromatic heterocycles. The second kappa shape index (κ2) is 8.58. The summed E-state index contributed by atoms with van der Waals surface area (Å²) in [5, 5.41) is 10.7. The lowest BCUT2D eigenvalue weighted by Crippen LogP contribution is -2.13. The van der Waals surface area contributed by atoms with Crippen molar-refractivity contribution in [3.8, 4) is 5.75 Å². The van der Waals surface area contributed by atoms with Crippen molar-refractivity contribution in [1.29, 1.82) is 0 Å². The Kier molecular flexibility index (Phi) is 5.91.